The Morgan fingerprint density at radius 1 is 1.57 bits per heavy atom. The largest absolute Gasteiger partial charge is 0.371 e. The number of nitrogens with zero attached hydrogens (tertiary/aromatic N) is 4. The molecule has 2 amide bonds. The lowest BCUT2D eigenvalue weighted by atomic mass is 10.4. The summed E-state index contributed by atoms with van der Waals surface area (Å²) in [5.41, 5.74) is 0. The van der Waals surface area contributed by atoms with Gasteiger partial charge in [0.1, 0.15) is 5.01 Å². The van der Waals surface area contributed by atoms with Crippen molar-refractivity contribution in [1.82, 2.24) is 15.1 Å². The minimum absolute atomic E-state index is 0.232. The van der Waals surface area contributed by atoms with Gasteiger partial charge in [-0.15, -0.1) is 10.2 Å². The molecule has 21 heavy (non-hydrogen) atoms. The average Bonchev–Trinajstić information content (AvgIpc) is 3.01. The molecule has 2 rings (SSSR count). The fourth-order valence-corrected chi connectivity index (χ4v) is 5.24. The van der Waals surface area contributed by atoms with Gasteiger partial charge < -0.3 is 10.0 Å². The first-order valence-electron chi connectivity index (χ1n) is 6.81. The zero-order valence-corrected chi connectivity index (χ0v) is 15.2. The fraction of sp³-hybridized carbons (Fsp3) is 0.750. The highest BCUT2D eigenvalue weighted by Gasteiger charge is 2.37. The Labute approximate surface area is 141 Å². The van der Waals surface area contributed by atoms with Crippen LogP contribution in [-0.2, 0) is 0 Å². The number of thioether (sulfide) groups is 1. The number of urea groups is 1. The summed E-state index contributed by atoms with van der Waals surface area (Å²) in [6.45, 7) is 2.46. The molecule has 2 heterocycles. The van der Waals surface area contributed by atoms with Gasteiger partial charge >= 0.3 is 6.03 Å². The predicted octanol–water partition coefficient (Wildman–Crippen LogP) is 2.70. The maximum Gasteiger partial charge on any atom is 0.328 e. The molecule has 2 unspecified atom stereocenters. The van der Waals surface area contributed by atoms with Crippen LogP contribution in [-0.4, -0.2) is 57.1 Å². The van der Waals surface area contributed by atoms with Gasteiger partial charge in [-0.25, -0.2) is 9.69 Å². The van der Waals surface area contributed by atoms with Crippen LogP contribution in [0.5, 0.6) is 0 Å². The van der Waals surface area contributed by atoms with Crippen LogP contribution < -0.4 is 4.90 Å². The fourth-order valence-electron chi connectivity index (χ4n) is 1.93. The Hall–Kier alpha value is -0.380. The van der Waals surface area contributed by atoms with Crippen molar-refractivity contribution in [3.8, 4) is 0 Å². The predicted molar refractivity (Wildman–Crippen MR) is 90.3 cm³/mol. The van der Waals surface area contributed by atoms with Crippen molar-refractivity contribution in [1.29, 1.82) is 0 Å². The molecule has 0 saturated carbocycles. The second-order valence-electron chi connectivity index (χ2n) is 4.80. The zero-order valence-electron chi connectivity index (χ0n) is 12.0. The summed E-state index contributed by atoms with van der Waals surface area (Å²) < 4.78 is 0. The molecule has 9 heteroatoms. The van der Waals surface area contributed by atoms with Crippen LogP contribution in [0.3, 0.4) is 0 Å². The van der Waals surface area contributed by atoms with Crippen molar-refractivity contribution in [3.63, 3.8) is 0 Å². The van der Waals surface area contributed by atoms with E-state index in [4.69, 9.17) is 0 Å². The molecule has 6 nitrogen and oxygen atoms in total. The zero-order chi connectivity index (χ0) is 15.4. The molecule has 1 aromatic rings. The molecule has 0 bridgehead atoms. The van der Waals surface area contributed by atoms with E-state index in [1.165, 1.54) is 34.0 Å². The van der Waals surface area contributed by atoms with Crippen molar-refractivity contribution in [2.24, 2.45) is 0 Å². The minimum atomic E-state index is -0.849. The maximum atomic E-state index is 12.0. The van der Waals surface area contributed by atoms with Gasteiger partial charge in [0.25, 0.3) is 0 Å². The first-order valence-corrected chi connectivity index (χ1v) is 9.80. The van der Waals surface area contributed by atoms with Gasteiger partial charge in [0.2, 0.25) is 5.13 Å². The topological polar surface area (TPSA) is 69.6 Å². The Kier molecular flexibility index (Phi) is 6.27. The molecule has 1 saturated heterocycles. The summed E-state index contributed by atoms with van der Waals surface area (Å²) in [4.78, 5) is 14.8. The summed E-state index contributed by atoms with van der Waals surface area (Å²) in [6.07, 6.45) is 1.50. The molecule has 0 spiro atoms. The van der Waals surface area contributed by atoms with Gasteiger partial charge in [-0.1, -0.05) is 40.6 Å². The van der Waals surface area contributed by atoms with E-state index < -0.39 is 6.23 Å². The molecular weight excluding hydrogens is 376 g/mol. The highest BCUT2D eigenvalue weighted by molar-refractivity contribution is 9.09. The lowest BCUT2D eigenvalue weighted by Gasteiger charge is -2.14. The van der Waals surface area contributed by atoms with Crippen LogP contribution in [0.25, 0.3) is 0 Å². The highest BCUT2D eigenvalue weighted by atomic mass is 79.9. The third-order valence-electron chi connectivity index (χ3n) is 3.14. The van der Waals surface area contributed by atoms with Gasteiger partial charge in [0.05, 0.1) is 11.8 Å². The Balaban J connectivity index is 2.08. The SMILES string of the molecule is CCCCSC(CBr)c1nnc(N2C(=O)N(C)CC2O)s1. The maximum absolute atomic E-state index is 12.0. The third kappa shape index (κ3) is 3.88. The Morgan fingerprint density at radius 2 is 2.33 bits per heavy atom. The third-order valence-corrected chi connectivity index (χ3v) is 6.71. The number of halogens is 1. The van der Waals surface area contributed by atoms with E-state index >= 15 is 0 Å². The molecule has 1 aliphatic rings. The molecule has 0 radical (unpaired) electrons. The standard InChI is InChI=1S/C12H19BrN4O2S2/c1-3-4-5-20-8(6-13)10-14-15-11(21-10)17-9(18)7-16(2)12(17)19/h8-9,18H,3-7H2,1-2H3. The number of anilines is 1. The van der Waals surface area contributed by atoms with Gasteiger partial charge in [-0.3, -0.25) is 0 Å². The molecule has 1 fully saturated rings. The number of carbonyl (C=O) groups is 1. The second kappa shape index (κ2) is 7.75. The molecule has 1 aliphatic heterocycles. The summed E-state index contributed by atoms with van der Waals surface area (Å²) in [6, 6.07) is -0.237. The number of aliphatic hydroxyl groups is 1. The normalized spacial score (nSPS) is 20.4. The van der Waals surface area contributed by atoms with E-state index in [1.807, 2.05) is 11.8 Å². The molecule has 118 valence electrons. The van der Waals surface area contributed by atoms with Crippen molar-refractivity contribution < 1.29 is 9.90 Å². The smallest absolute Gasteiger partial charge is 0.328 e. The summed E-state index contributed by atoms with van der Waals surface area (Å²) >= 11 is 6.73. The van der Waals surface area contributed by atoms with Crippen molar-refractivity contribution in [2.75, 3.05) is 29.6 Å². The van der Waals surface area contributed by atoms with Crippen molar-refractivity contribution in [3.05, 3.63) is 5.01 Å². The van der Waals surface area contributed by atoms with Crippen LogP contribution in [0.4, 0.5) is 9.93 Å². The number of β-amino-alcohol motifs (C(OH)–C–C–N with tert-alkyl or cyclic N) is 1. The van der Waals surface area contributed by atoms with E-state index in [9.17, 15) is 9.90 Å². The summed E-state index contributed by atoms with van der Waals surface area (Å²) in [7, 11) is 1.66. The van der Waals surface area contributed by atoms with E-state index in [1.54, 1.807) is 7.05 Å². The number of hydrogen-bond acceptors (Lipinski definition) is 6. The van der Waals surface area contributed by atoms with Gasteiger partial charge in [0.15, 0.2) is 6.23 Å². The van der Waals surface area contributed by atoms with Gasteiger partial charge in [-0.05, 0) is 12.2 Å². The van der Waals surface area contributed by atoms with Crippen LogP contribution in [0.2, 0.25) is 0 Å². The second-order valence-corrected chi connectivity index (χ2v) is 7.75. The monoisotopic (exact) mass is 394 g/mol. The Morgan fingerprint density at radius 3 is 2.90 bits per heavy atom. The first kappa shape index (κ1) is 17.0. The number of alkyl halides is 1. The molecule has 2 atom stereocenters. The van der Waals surface area contributed by atoms with E-state index in [0.29, 0.717) is 11.7 Å². The number of hydrogen-bond donors (Lipinski definition) is 1. The summed E-state index contributed by atoms with van der Waals surface area (Å²) in [5.74, 6) is 1.08. The Bertz CT molecular complexity index is 488. The van der Waals surface area contributed by atoms with Gasteiger partial charge in [0, 0.05) is 12.4 Å². The molecular formula is C12H19BrN4O2S2. The number of carbonyl (C=O) groups excluding carboxylic acids is 1. The lowest BCUT2D eigenvalue weighted by molar-refractivity contribution is 0.183. The minimum Gasteiger partial charge on any atom is -0.371 e. The number of unbranched alkanes of at least 4 members (excludes halogenated alkanes) is 1. The van der Waals surface area contributed by atoms with E-state index in [2.05, 4.69) is 33.1 Å². The number of aromatic nitrogens is 2. The average molecular weight is 395 g/mol. The first-order chi connectivity index (χ1) is 10.1. The number of likely N-dealkylation sites (N-methyl/N-ethyl adjacent to an activating group) is 1. The van der Waals surface area contributed by atoms with Crippen LogP contribution in [0, 0.1) is 0 Å². The molecule has 1 N–H and O–H groups in total. The van der Waals surface area contributed by atoms with Crippen molar-refractivity contribution >= 4 is 50.2 Å². The van der Waals surface area contributed by atoms with E-state index in [-0.39, 0.29) is 11.3 Å². The van der Waals surface area contributed by atoms with E-state index in [0.717, 1.165) is 16.1 Å². The summed E-state index contributed by atoms with van der Waals surface area (Å²) in [5, 5.41) is 20.6. The molecule has 1 aromatic heterocycles. The van der Waals surface area contributed by atoms with Crippen LogP contribution >= 0.6 is 39.0 Å². The van der Waals surface area contributed by atoms with Crippen LogP contribution in [0.1, 0.15) is 30.0 Å². The number of aliphatic hydroxyl groups excluding tert-OH is 1. The number of amides is 2. The molecule has 0 aromatic carbocycles. The van der Waals surface area contributed by atoms with Gasteiger partial charge in [-0.2, -0.15) is 11.8 Å². The van der Waals surface area contributed by atoms with Crippen molar-refractivity contribution in [2.45, 2.75) is 31.2 Å². The number of rotatable bonds is 7. The quantitative estimate of drug-likeness (QED) is 0.568. The lowest BCUT2D eigenvalue weighted by Crippen LogP contribution is -2.34. The highest BCUT2D eigenvalue weighted by Crippen LogP contribution is 2.36. The molecule has 0 aliphatic carbocycles. The van der Waals surface area contributed by atoms with Crippen LogP contribution in [0.15, 0.2) is 0 Å².